The number of halogens is 3. The molecule has 3 rings (SSSR count). The minimum Gasteiger partial charge on any atom is -0.376 e. The zero-order valence-electron chi connectivity index (χ0n) is 14.6. The number of aromatic nitrogens is 1. The lowest BCUT2D eigenvalue weighted by atomic mass is 9.87. The number of hydrogen-bond acceptors (Lipinski definition) is 2. The first-order valence-corrected chi connectivity index (χ1v) is 8.59. The molecule has 3 nitrogen and oxygen atoms in total. The summed E-state index contributed by atoms with van der Waals surface area (Å²) in [5.74, 6) is 0. The molecule has 26 heavy (non-hydrogen) atoms. The van der Waals surface area contributed by atoms with Gasteiger partial charge in [0.05, 0.1) is 5.52 Å². The summed E-state index contributed by atoms with van der Waals surface area (Å²) in [7, 11) is 0. The lowest BCUT2D eigenvalue weighted by Crippen LogP contribution is -2.42. The molecule has 1 unspecified atom stereocenters. The molecule has 0 aliphatic rings. The van der Waals surface area contributed by atoms with Crippen molar-refractivity contribution in [2.45, 2.75) is 45.0 Å². The van der Waals surface area contributed by atoms with E-state index in [1.807, 2.05) is 6.92 Å². The van der Waals surface area contributed by atoms with Crippen molar-refractivity contribution in [3.8, 4) is 0 Å². The van der Waals surface area contributed by atoms with Gasteiger partial charge in [-0.1, -0.05) is 37.6 Å². The standard InChI is InChI=1S/C20H20F3NO2/c1-3-11-19(26,20(21,22)23)13-9-10-17-16(12-13)14-7-5-6-8-15(14)18(25)24(17)4-2/h5-10,12,26H,3-4,11H2,1-2H3. The highest BCUT2D eigenvalue weighted by Gasteiger charge is 2.54. The molecule has 0 saturated heterocycles. The van der Waals surface area contributed by atoms with Gasteiger partial charge in [0.25, 0.3) is 5.56 Å². The highest BCUT2D eigenvalue weighted by atomic mass is 19.4. The Hall–Kier alpha value is -2.34. The van der Waals surface area contributed by atoms with Gasteiger partial charge >= 0.3 is 6.18 Å². The topological polar surface area (TPSA) is 42.2 Å². The Morgan fingerprint density at radius 2 is 1.65 bits per heavy atom. The van der Waals surface area contributed by atoms with E-state index in [1.54, 1.807) is 31.2 Å². The zero-order valence-corrected chi connectivity index (χ0v) is 14.6. The third-order valence-corrected chi connectivity index (χ3v) is 4.85. The SMILES string of the molecule is CCCC(O)(c1ccc2c(c1)c1ccccc1c(=O)n2CC)C(F)(F)F. The van der Waals surface area contributed by atoms with E-state index < -0.39 is 18.2 Å². The Morgan fingerprint density at radius 3 is 2.23 bits per heavy atom. The molecule has 2 aromatic carbocycles. The first kappa shape index (κ1) is 18.5. The molecule has 138 valence electrons. The van der Waals surface area contributed by atoms with Gasteiger partial charge in [-0.3, -0.25) is 4.79 Å². The number of pyridine rings is 1. The van der Waals surface area contributed by atoms with E-state index in [-0.39, 0.29) is 17.5 Å². The van der Waals surface area contributed by atoms with Gasteiger partial charge in [0, 0.05) is 17.3 Å². The summed E-state index contributed by atoms with van der Waals surface area (Å²) in [6.45, 7) is 3.81. The number of aryl methyl sites for hydroxylation is 1. The fourth-order valence-corrected chi connectivity index (χ4v) is 3.53. The van der Waals surface area contributed by atoms with Crippen molar-refractivity contribution in [2.24, 2.45) is 0 Å². The second-order valence-corrected chi connectivity index (χ2v) is 6.43. The van der Waals surface area contributed by atoms with Crippen molar-refractivity contribution in [1.29, 1.82) is 0 Å². The molecular weight excluding hydrogens is 343 g/mol. The Kier molecular flexibility index (Phi) is 4.56. The van der Waals surface area contributed by atoms with E-state index in [9.17, 15) is 23.1 Å². The van der Waals surface area contributed by atoms with Crippen LogP contribution in [0.25, 0.3) is 21.7 Å². The van der Waals surface area contributed by atoms with Crippen LogP contribution in [0.2, 0.25) is 0 Å². The van der Waals surface area contributed by atoms with Gasteiger partial charge < -0.3 is 9.67 Å². The van der Waals surface area contributed by atoms with Crippen molar-refractivity contribution in [3.63, 3.8) is 0 Å². The second kappa shape index (κ2) is 6.43. The lowest BCUT2D eigenvalue weighted by molar-refractivity contribution is -0.269. The Labute approximate surface area is 148 Å². The summed E-state index contributed by atoms with van der Waals surface area (Å²) in [5.41, 5.74) is -2.74. The molecule has 1 N–H and O–H groups in total. The van der Waals surface area contributed by atoms with Crippen molar-refractivity contribution in [2.75, 3.05) is 0 Å². The Bertz CT molecular complexity index is 1020. The number of nitrogens with zero attached hydrogens (tertiary/aromatic N) is 1. The quantitative estimate of drug-likeness (QED) is 0.681. The third-order valence-electron chi connectivity index (χ3n) is 4.85. The number of benzene rings is 2. The van der Waals surface area contributed by atoms with Gasteiger partial charge in [-0.2, -0.15) is 13.2 Å². The van der Waals surface area contributed by atoms with Crippen LogP contribution in [-0.2, 0) is 12.1 Å². The maximum absolute atomic E-state index is 13.6. The molecule has 0 aliphatic carbocycles. The molecule has 1 heterocycles. The molecule has 0 radical (unpaired) electrons. The van der Waals surface area contributed by atoms with Gasteiger partial charge in [-0.25, -0.2) is 0 Å². The first-order valence-electron chi connectivity index (χ1n) is 8.59. The van der Waals surface area contributed by atoms with Crippen molar-refractivity contribution < 1.29 is 18.3 Å². The normalized spacial score (nSPS) is 14.7. The molecule has 0 aliphatic heterocycles. The fourth-order valence-electron chi connectivity index (χ4n) is 3.53. The fraction of sp³-hybridized carbons (Fsp3) is 0.350. The van der Waals surface area contributed by atoms with Crippen LogP contribution in [0.15, 0.2) is 47.3 Å². The molecule has 1 aromatic heterocycles. The monoisotopic (exact) mass is 363 g/mol. The Morgan fingerprint density at radius 1 is 1.00 bits per heavy atom. The van der Waals surface area contributed by atoms with Gasteiger partial charge in [0.15, 0.2) is 5.60 Å². The smallest absolute Gasteiger partial charge is 0.376 e. The van der Waals surface area contributed by atoms with Crippen LogP contribution >= 0.6 is 0 Å². The summed E-state index contributed by atoms with van der Waals surface area (Å²) in [6.07, 6.45) is -5.03. The summed E-state index contributed by atoms with van der Waals surface area (Å²) >= 11 is 0. The molecule has 0 spiro atoms. The predicted octanol–water partition coefficient (Wildman–Crippen LogP) is 4.72. The van der Waals surface area contributed by atoms with Gasteiger partial charge in [-0.05, 0) is 42.5 Å². The number of rotatable bonds is 4. The summed E-state index contributed by atoms with van der Waals surface area (Å²) in [4.78, 5) is 12.7. The molecule has 0 saturated carbocycles. The van der Waals surface area contributed by atoms with E-state index in [0.717, 1.165) is 0 Å². The van der Waals surface area contributed by atoms with Gasteiger partial charge in [-0.15, -0.1) is 0 Å². The minimum absolute atomic E-state index is 0.178. The van der Waals surface area contributed by atoms with Crippen LogP contribution in [0.3, 0.4) is 0 Å². The van der Waals surface area contributed by atoms with Crippen LogP contribution in [-0.4, -0.2) is 15.8 Å². The average molecular weight is 363 g/mol. The van der Waals surface area contributed by atoms with Crippen LogP contribution in [0.1, 0.15) is 32.3 Å². The maximum atomic E-state index is 13.6. The highest BCUT2D eigenvalue weighted by molar-refractivity contribution is 6.05. The van der Waals surface area contributed by atoms with Gasteiger partial charge in [0.2, 0.25) is 0 Å². The van der Waals surface area contributed by atoms with E-state index in [2.05, 4.69) is 0 Å². The third kappa shape index (κ3) is 2.69. The predicted molar refractivity (Wildman–Crippen MR) is 96.2 cm³/mol. The number of alkyl halides is 3. The number of fused-ring (bicyclic) bond motifs is 3. The van der Waals surface area contributed by atoms with Crippen LogP contribution < -0.4 is 5.56 Å². The molecule has 0 fully saturated rings. The van der Waals surface area contributed by atoms with Gasteiger partial charge in [0.1, 0.15) is 0 Å². The number of aliphatic hydroxyl groups is 1. The van der Waals surface area contributed by atoms with Crippen molar-refractivity contribution in [1.82, 2.24) is 4.57 Å². The largest absolute Gasteiger partial charge is 0.421 e. The highest BCUT2D eigenvalue weighted by Crippen LogP contribution is 2.43. The molecule has 3 aromatic rings. The second-order valence-electron chi connectivity index (χ2n) is 6.43. The molecule has 6 heteroatoms. The number of hydrogen-bond donors (Lipinski definition) is 1. The molecule has 1 atom stereocenters. The van der Waals surface area contributed by atoms with E-state index in [1.165, 1.54) is 22.8 Å². The van der Waals surface area contributed by atoms with Crippen molar-refractivity contribution >= 4 is 21.7 Å². The zero-order chi connectivity index (χ0) is 19.1. The first-order chi connectivity index (χ1) is 12.2. The summed E-state index contributed by atoms with van der Waals surface area (Å²) < 4.78 is 42.3. The molecular formula is C20H20F3NO2. The van der Waals surface area contributed by atoms with E-state index >= 15 is 0 Å². The van der Waals surface area contributed by atoms with E-state index in [0.29, 0.717) is 28.2 Å². The summed E-state index contributed by atoms with van der Waals surface area (Å²) in [6, 6.07) is 11.0. The molecule has 0 bridgehead atoms. The Balaban J connectivity index is 2.41. The molecule has 0 amide bonds. The maximum Gasteiger partial charge on any atom is 0.421 e. The lowest BCUT2D eigenvalue weighted by Gasteiger charge is -2.31. The summed E-state index contributed by atoms with van der Waals surface area (Å²) in [5, 5.41) is 12.0. The van der Waals surface area contributed by atoms with E-state index in [4.69, 9.17) is 0 Å². The average Bonchev–Trinajstić information content (AvgIpc) is 2.61. The van der Waals surface area contributed by atoms with Crippen LogP contribution in [0.4, 0.5) is 13.2 Å². The minimum atomic E-state index is -4.79. The van der Waals surface area contributed by atoms with Crippen LogP contribution in [0.5, 0.6) is 0 Å². The van der Waals surface area contributed by atoms with Crippen LogP contribution in [0, 0.1) is 0 Å². The van der Waals surface area contributed by atoms with Crippen molar-refractivity contribution in [3.05, 3.63) is 58.4 Å².